The zero-order chi connectivity index (χ0) is 20.5. The van der Waals surface area contributed by atoms with E-state index in [1.54, 1.807) is 0 Å². The van der Waals surface area contributed by atoms with Crippen molar-refractivity contribution in [2.24, 2.45) is 0 Å². The highest BCUT2D eigenvalue weighted by Gasteiger charge is 2.29. The first-order chi connectivity index (χ1) is 14.0. The molecule has 146 valence electrons. The molecule has 5 nitrogen and oxygen atoms in total. The van der Waals surface area contributed by atoms with Crippen LogP contribution in [0, 0.1) is 11.6 Å². The smallest absolute Gasteiger partial charge is 0.411 e. The van der Waals surface area contributed by atoms with E-state index in [1.165, 1.54) is 0 Å². The Hall–Kier alpha value is -3.74. The molecule has 0 fully saturated rings. The van der Waals surface area contributed by atoms with Gasteiger partial charge >= 0.3 is 12.1 Å². The molecule has 0 atom stereocenters. The molecule has 3 aromatic carbocycles. The number of benzene rings is 3. The summed E-state index contributed by atoms with van der Waals surface area (Å²) in [5.41, 5.74) is 2.47. The van der Waals surface area contributed by atoms with Crippen LogP contribution in [0.5, 0.6) is 0 Å². The molecule has 0 bridgehead atoms. The van der Waals surface area contributed by atoms with E-state index in [0.717, 1.165) is 34.4 Å². The van der Waals surface area contributed by atoms with Crippen LogP contribution in [-0.2, 0) is 4.74 Å². The summed E-state index contributed by atoms with van der Waals surface area (Å²) in [5.74, 6) is -4.25. The lowest BCUT2D eigenvalue weighted by atomic mass is 9.98. The average Bonchev–Trinajstić information content (AvgIpc) is 3.03. The predicted molar refractivity (Wildman–Crippen MR) is 102 cm³/mol. The van der Waals surface area contributed by atoms with Crippen molar-refractivity contribution in [3.05, 3.63) is 89.0 Å². The number of hydrogen-bond donors (Lipinski definition) is 2. The second-order valence-electron chi connectivity index (χ2n) is 6.54. The number of rotatable bonds is 4. The van der Waals surface area contributed by atoms with Gasteiger partial charge in [-0.3, -0.25) is 5.32 Å². The quantitative estimate of drug-likeness (QED) is 0.650. The van der Waals surface area contributed by atoms with Gasteiger partial charge < -0.3 is 9.84 Å². The maximum absolute atomic E-state index is 14.2. The van der Waals surface area contributed by atoms with E-state index >= 15 is 0 Å². The van der Waals surface area contributed by atoms with Gasteiger partial charge in [-0.25, -0.2) is 18.4 Å². The topological polar surface area (TPSA) is 75.6 Å². The van der Waals surface area contributed by atoms with E-state index in [-0.39, 0.29) is 12.5 Å². The van der Waals surface area contributed by atoms with Crippen LogP contribution in [-0.4, -0.2) is 23.8 Å². The Bertz CT molecular complexity index is 1080. The molecule has 7 heteroatoms. The summed E-state index contributed by atoms with van der Waals surface area (Å²) in [5, 5.41) is 10.9. The third kappa shape index (κ3) is 3.31. The molecule has 0 spiro atoms. The van der Waals surface area contributed by atoms with Gasteiger partial charge in [-0.05, 0) is 34.4 Å². The van der Waals surface area contributed by atoms with Gasteiger partial charge in [-0.2, -0.15) is 0 Å². The van der Waals surface area contributed by atoms with Crippen molar-refractivity contribution in [1.82, 2.24) is 0 Å². The minimum Gasteiger partial charge on any atom is -0.478 e. The molecule has 1 aliphatic carbocycles. The first-order valence-corrected chi connectivity index (χ1v) is 8.80. The molecule has 1 amide bonds. The number of ether oxygens (including phenoxy) is 1. The van der Waals surface area contributed by atoms with E-state index in [1.807, 2.05) is 53.8 Å². The summed E-state index contributed by atoms with van der Waals surface area (Å²) in [6.45, 7) is -0.0400. The molecule has 0 aromatic heterocycles. The fourth-order valence-corrected chi connectivity index (χ4v) is 3.57. The molecule has 0 saturated heterocycles. The van der Waals surface area contributed by atoms with Crippen molar-refractivity contribution < 1.29 is 28.2 Å². The third-order valence-corrected chi connectivity index (χ3v) is 4.89. The Morgan fingerprint density at radius 3 is 2.10 bits per heavy atom. The fraction of sp³-hybridized carbons (Fsp3) is 0.0909. The number of carbonyl (C=O) groups is 2. The number of aromatic carboxylic acids is 1. The second kappa shape index (κ2) is 7.35. The van der Waals surface area contributed by atoms with E-state index in [2.05, 4.69) is 0 Å². The minimum absolute atomic E-state index is 0.0400. The minimum atomic E-state index is -1.57. The number of carbonyl (C=O) groups excluding carboxylic acids is 1. The molecule has 0 saturated carbocycles. The van der Waals surface area contributed by atoms with E-state index in [9.17, 15) is 18.4 Å². The van der Waals surface area contributed by atoms with Gasteiger partial charge in [0.25, 0.3) is 0 Å². The Labute approximate surface area is 164 Å². The van der Waals surface area contributed by atoms with Crippen molar-refractivity contribution in [2.45, 2.75) is 5.92 Å². The number of fused-ring (bicyclic) bond motifs is 3. The van der Waals surface area contributed by atoms with E-state index in [4.69, 9.17) is 9.84 Å². The molecule has 2 N–H and O–H groups in total. The number of hydrogen-bond acceptors (Lipinski definition) is 3. The Morgan fingerprint density at radius 2 is 1.52 bits per heavy atom. The molecule has 3 aromatic rings. The van der Waals surface area contributed by atoms with Crippen molar-refractivity contribution in [1.29, 1.82) is 0 Å². The first kappa shape index (κ1) is 18.6. The van der Waals surface area contributed by atoms with Crippen LogP contribution in [0.15, 0.2) is 60.7 Å². The van der Waals surface area contributed by atoms with Gasteiger partial charge in [0.15, 0.2) is 5.82 Å². The van der Waals surface area contributed by atoms with Crippen LogP contribution >= 0.6 is 0 Å². The summed E-state index contributed by atoms with van der Waals surface area (Å²) in [6.07, 6.45) is -1.08. The van der Waals surface area contributed by atoms with Gasteiger partial charge in [-0.15, -0.1) is 0 Å². The summed E-state index contributed by atoms with van der Waals surface area (Å²) in [4.78, 5) is 23.2. The fourth-order valence-electron chi connectivity index (χ4n) is 3.57. The highest BCUT2D eigenvalue weighted by Crippen LogP contribution is 2.44. The molecular formula is C22H15F2NO4. The summed E-state index contributed by atoms with van der Waals surface area (Å²) in [7, 11) is 0. The predicted octanol–water partition coefficient (Wildman–Crippen LogP) is 5.02. The highest BCUT2D eigenvalue weighted by molar-refractivity contribution is 5.92. The van der Waals surface area contributed by atoms with Gasteiger partial charge in [0, 0.05) is 5.92 Å². The molecular weight excluding hydrogens is 380 g/mol. The summed E-state index contributed by atoms with van der Waals surface area (Å²) in [6, 6.07) is 17.0. The first-order valence-electron chi connectivity index (χ1n) is 8.80. The molecule has 0 heterocycles. The number of carboxylic acids is 1. The Morgan fingerprint density at radius 1 is 0.931 bits per heavy atom. The van der Waals surface area contributed by atoms with E-state index in [0.29, 0.717) is 0 Å². The third-order valence-electron chi connectivity index (χ3n) is 4.89. The number of carboxylic acid groups (broad SMARTS) is 1. The number of amides is 1. The molecule has 0 radical (unpaired) electrons. The van der Waals surface area contributed by atoms with E-state index < -0.39 is 34.9 Å². The van der Waals surface area contributed by atoms with Crippen molar-refractivity contribution >= 4 is 17.7 Å². The Kier molecular flexibility index (Phi) is 4.72. The van der Waals surface area contributed by atoms with Crippen LogP contribution in [0.2, 0.25) is 0 Å². The molecule has 0 aliphatic heterocycles. The van der Waals surface area contributed by atoms with Crippen LogP contribution in [0.3, 0.4) is 0 Å². The van der Waals surface area contributed by atoms with Crippen LogP contribution in [0.4, 0.5) is 19.3 Å². The normalized spacial score (nSPS) is 12.2. The van der Waals surface area contributed by atoms with Gasteiger partial charge in [0.2, 0.25) is 0 Å². The SMILES string of the molecule is O=C(Nc1c(F)ccc(C(=O)O)c1F)OCC1c2ccccc2-c2ccccc21. The van der Waals surface area contributed by atoms with Crippen molar-refractivity contribution in [3.63, 3.8) is 0 Å². The summed E-state index contributed by atoms with van der Waals surface area (Å²) >= 11 is 0. The largest absolute Gasteiger partial charge is 0.478 e. The standard InChI is InChI=1S/C22H15F2NO4/c23-18-10-9-16(21(26)27)19(24)20(18)25-22(28)29-11-17-14-7-3-1-5-12(14)13-6-2-4-8-15(13)17/h1-10,17H,11H2,(H,25,28)(H,26,27). The lowest BCUT2D eigenvalue weighted by molar-refractivity contribution is 0.0691. The van der Waals surface area contributed by atoms with Gasteiger partial charge in [0.05, 0.1) is 5.56 Å². The highest BCUT2D eigenvalue weighted by atomic mass is 19.1. The monoisotopic (exact) mass is 395 g/mol. The zero-order valence-electron chi connectivity index (χ0n) is 15.0. The molecule has 29 heavy (non-hydrogen) atoms. The van der Waals surface area contributed by atoms with Crippen molar-refractivity contribution in [3.8, 4) is 11.1 Å². The van der Waals surface area contributed by atoms with Crippen LogP contribution < -0.4 is 5.32 Å². The summed E-state index contributed by atoms with van der Waals surface area (Å²) < 4.78 is 33.3. The van der Waals surface area contributed by atoms with Crippen molar-refractivity contribution in [2.75, 3.05) is 11.9 Å². The number of halogens is 2. The maximum Gasteiger partial charge on any atom is 0.411 e. The number of nitrogens with one attached hydrogen (secondary N) is 1. The van der Waals surface area contributed by atoms with Crippen LogP contribution in [0.1, 0.15) is 27.4 Å². The maximum atomic E-state index is 14.2. The lowest BCUT2D eigenvalue weighted by Gasteiger charge is -2.15. The average molecular weight is 395 g/mol. The van der Waals surface area contributed by atoms with Crippen LogP contribution in [0.25, 0.3) is 11.1 Å². The van der Waals surface area contributed by atoms with Gasteiger partial charge in [-0.1, -0.05) is 48.5 Å². The zero-order valence-corrected chi connectivity index (χ0v) is 15.0. The molecule has 0 unspecified atom stereocenters. The second-order valence-corrected chi connectivity index (χ2v) is 6.54. The lowest BCUT2D eigenvalue weighted by Crippen LogP contribution is -2.20. The molecule has 4 rings (SSSR count). The Balaban J connectivity index is 1.53. The van der Waals surface area contributed by atoms with Gasteiger partial charge in [0.1, 0.15) is 18.1 Å². The number of anilines is 1. The molecule has 1 aliphatic rings.